The van der Waals surface area contributed by atoms with E-state index < -0.39 is 16.6 Å². The van der Waals surface area contributed by atoms with Gasteiger partial charge in [-0.25, -0.2) is 8.57 Å². The molecule has 5 N–H and O–H groups in total. The second-order valence-corrected chi connectivity index (χ2v) is 14.8. The van der Waals surface area contributed by atoms with E-state index in [9.17, 15) is 8.42 Å². The minimum Gasteiger partial charge on any atom is -0.330 e. The lowest BCUT2D eigenvalue weighted by Gasteiger charge is -2.62. The molecule has 9 heteroatoms. The predicted octanol–water partition coefficient (Wildman–Crippen LogP) is 4.73. The maximum Gasteiger partial charge on any atom is 0.397 e. The average molecular weight is 560 g/mol. The van der Waals surface area contributed by atoms with Crippen LogP contribution in [0.15, 0.2) is 0 Å². The molecule has 4 aliphatic rings. The van der Waals surface area contributed by atoms with Crippen molar-refractivity contribution in [3.05, 3.63) is 0 Å². The van der Waals surface area contributed by atoms with Gasteiger partial charge in [-0.05, 0) is 143 Å². The maximum absolute atomic E-state index is 16.1. The van der Waals surface area contributed by atoms with E-state index >= 15 is 4.39 Å². The number of hydrogen-bond donors (Lipinski definition) is 4. The Morgan fingerprint density at radius 3 is 2.45 bits per heavy atom. The minimum absolute atomic E-state index is 0.00250. The van der Waals surface area contributed by atoms with E-state index in [4.69, 9.17) is 14.5 Å². The van der Waals surface area contributed by atoms with Crippen LogP contribution in [0.4, 0.5) is 4.39 Å². The summed E-state index contributed by atoms with van der Waals surface area (Å²) in [5.74, 6) is 1.66. The largest absolute Gasteiger partial charge is 0.397 e. The van der Waals surface area contributed by atoms with Crippen molar-refractivity contribution in [3.63, 3.8) is 0 Å². The maximum atomic E-state index is 16.1. The number of nitrogens with two attached hydrogens (primary N) is 1. The smallest absolute Gasteiger partial charge is 0.330 e. The van der Waals surface area contributed by atoms with Crippen LogP contribution < -0.4 is 16.4 Å². The number of rotatable bonds is 13. The van der Waals surface area contributed by atoms with Crippen LogP contribution in [0.5, 0.6) is 0 Å². The molecule has 0 aromatic heterocycles. The first kappa shape index (κ1) is 30.6. The molecule has 0 aromatic rings. The monoisotopic (exact) mass is 559 g/mol. The molecule has 0 bridgehead atoms. The van der Waals surface area contributed by atoms with Crippen molar-refractivity contribution >= 4 is 10.4 Å². The summed E-state index contributed by atoms with van der Waals surface area (Å²) in [6.07, 6.45) is 10.9. The van der Waals surface area contributed by atoms with Crippen LogP contribution in [0, 0.1) is 46.3 Å². The van der Waals surface area contributed by atoms with Crippen LogP contribution in [-0.2, 0) is 14.6 Å². The van der Waals surface area contributed by atoms with Gasteiger partial charge in [0.15, 0.2) is 0 Å². The van der Waals surface area contributed by atoms with Gasteiger partial charge in [0.25, 0.3) is 0 Å². The molecule has 0 saturated heterocycles. The number of halogens is 1. The van der Waals surface area contributed by atoms with E-state index in [1.54, 1.807) is 0 Å². The molecule has 0 radical (unpaired) electrons. The van der Waals surface area contributed by atoms with Crippen LogP contribution >= 0.6 is 0 Å². The van der Waals surface area contributed by atoms with Gasteiger partial charge in [-0.15, -0.1) is 0 Å². The van der Waals surface area contributed by atoms with Crippen molar-refractivity contribution in [1.82, 2.24) is 10.6 Å². The molecule has 0 aromatic carbocycles. The fourth-order valence-electron chi connectivity index (χ4n) is 9.68. The van der Waals surface area contributed by atoms with Crippen molar-refractivity contribution in [3.8, 4) is 0 Å². The van der Waals surface area contributed by atoms with Crippen LogP contribution in [0.3, 0.4) is 0 Å². The van der Waals surface area contributed by atoms with E-state index in [0.29, 0.717) is 36.1 Å². The summed E-state index contributed by atoms with van der Waals surface area (Å²) in [7, 11) is -4.44. The summed E-state index contributed by atoms with van der Waals surface area (Å²) in [6, 6.07) is 0.502. The third-order valence-corrected chi connectivity index (χ3v) is 12.1. The van der Waals surface area contributed by atoms with E-state index in [-0.39, 0.29) is 29.3 Å². The highest BCUT2D eigenvalue weighted by Gasteiger charge is 2.63. The Kier molecular flexibility index (Phi) is 10.2. The summed E-state index contributed by atoms with van der Waals surface area (Å²) < 4.78 is 52.2. The first-order valence-corrected chi connectivity index (χ1v) is 16.8. The summed E-state index contributed by atoms with van der Waals surface area (Å²) in [6.45, 7) is 10.7. The number of nitrogens with one attached hydrogen (secondary N) is 2. The van der Waals surface area contributed by atoms with Gasteiger partial charge in [0, 0.05) is 6.04 Å². The SMILES string of the molecule is C[C@H](COS(=O)(=O)O)[C@H]1CC[C@H]2[C@@H]3[C@@H](F)C[C@H]4C[C@@H](NCCCNCCCCN)CC[C@]4(C)[C@H]3CC[C@]12C. The summed E-state index contributed by atoms with van der Waals surface area (Å²) >= 11 is 0. The molecule has 4 rings (SSSR count). The van der Waals surface area contributed by atoms with Crippen molar-refractivity contribution < 1.29 is 21.5 Å². The second kappa shape index (κ2) is 12.7. The molecule has 0 amide bonds. The predicted molar refractivity (Wildman–Crippen MR) is 150 cm³/mol. The summed E-state index contributed by atoms with van der Waals surface area (Å²) in [5, 5.41) is 7.29. The first-order valence-electron chi connectivity index (χ1n) is 15.4. The Morgan fingerprint density at radius 1 is 1.00 bits per heavy atom. The molecule has 4 fully saturated rings. The van der Waals surface area contributed by atoms with Crippen molar-refractivity contribution in [1.29, 1.82) is 0 Å². The zero-order valence-corrected chi connectivity index (χ0v) is 24.8. The molecule has 222 valence electrons. The topological polar surface area (TPSA) is 114 Å². The highest BCUT2D eigenvalue weighted by molar-refractivity contribution is 7.80. The highest BCUT2D eigenvalue weighted by atomic mass is 32.3. The van der Waals surface area contributed by atoms with Crippen LogP contribution in [0.25, 0.3) is 0 Å². The zero-order chi connectivity index (χ0) is 27.6. The van der Waals surface area contributed by atoms with E-state index in [1.165, 1.54) is 12.8 Å². The van der Waals surface area contributed by atoms with Crippen molar-refractivity contribution in [2.45, 2.75) is 104 Å². The Balaban J connectivity index is 1.32. The van der Waals surface area contributed by atoms with Gasteiger partial charge in [0.05, 0.1) is 6.61 Å². The van der Waals surface area contributed by atoms with E-state index in [1.807, 2.05) is 6.92 Å². The van der Waals surface area contributed by atoms with Crippen LogP contribution in [-0.4, -0.2) is 58.0 Å². The Morgan fingerprint density at radius 2 is 1.71 bits per heavy atom. The van der Waals surface area contributed by atoms with Gasteiger partial charge < -0.3 is 16.4 Å². The summed E-state index contributed by atoms with van der Waals surface area (Å²) in [5.41, 5.74) is 5.78. The molecular formula is C29H54FN3O4S. The molecule has 0 aliphatic heterocycles. The molecule has 0 heterocycles. The highest BCUT2D eigenvalue weighted by Crippen LogP contribution is 2.68. The summed E-state index contributed by atoms with van der Waals surface area (Å²) in [4.78, 5) is 0. The van der Waals surface area contributed by atoms with E-state index in [0.717, 1.165) is 77.5 Å². The lowest BCUT2D eigenvalue weighted by atomic mass is 9.44. The lowest BCUT2D eigenvalue weighted by molar-refractivity contribution is -0.149. The first-order chi connectivity index (χ1) is 18.0. The van der Waals surface area contributed by atoms with Gasteiger partial charge in [-0.2, -0.15) is 8.42 Å². The van der Waals surface area contributed by atoms with Crippen molar-refractivity contribution in [2.24, 2.45) is 52.1 Å². The Hall–Kier alpha value is -0.320. The van der Waals surface area contributed by atoms with Gasteiger partial charge in [-0.3, -0.25) is 4.55 Å². The molecule has 0 unspecified atom stereocenters. The molecule has 10 atom stereocenters. The number of alkyl halides is 1. The average Bonchev–Trinajstić information content (AvgIpc) is 3.21. The quantitative estimate of drug-likeness (QED) is 0.191. The van der Waals surface area contributed by atoms with Gasteiger partial charge in [-0.1, -0.05) is 20.8 Å². The third kappa shape index (κ3) is 6.59. The van der Waals surface area contributed by atoms with Crippen LogP contribution in [0.1, 0.15) is 91.4 Å². The Bertz CT molecular complexity index is 878. The van der Waals surface area contributed by atoms with Gasteiger partial charge in [0.2, 0.25) is 0 Å². The molecule has 7 nitrogen and oxygen atoms in total. The second-order valence-electron chi connectivity index (χ2n) is 13.7. The molecular weight excluding hydrogens is 505 g/mol. The normalized spacial score (nSPS) is 41.8. The van der Waals surface area contributed by atoms with Crippen LogP contribution in [0.2, 0.25) is 0 Å². The molecule has 4 saturated carbocycles. The molecule has 0 spiro atoms. The fraction of sp³-hybridized carbons (Fsp3) is 1.00. The van der Waals surface area contributed by atoms with Gasteiger partial charge in [0.1, 0.15) is 6.17 Å². The minimum atomic E-state index is -4.44. The number of unbranched alkanes of at least 4 members (excludes halogenated alkanes) is 1. The lowest BCUT2D eigenvalue weighted by Crippen LogP contribution is -2.58. The standard InChI is InChI=1S/C29H54FN3O4S/c1-20(19-37-38(34,35)36)23-7-8-24-27-25(10-12-29(23,24)3)28(2)11-9-22(17-21(28)18-26(27)30)33-16-6-15-32-14-5-4-13-31/h20-27,32-33H,4-19,31H2,1-3H3,(H,34,35,36)/t20-,21-,22+,23-,24+,25+,26+,27+,28+,29-/m1/s1. The molecule has 38 heavy (non-hydrogen) atoms. The zero-order valence-electron chi connectivity index (χ0n) is 24.0. The van der Waals surface area contributed by atoms with E-state index in [2.05, 4.69) is 24.5 Å². The molecule has 4 aliphatic carbocycles. The number of hydrogen-bond acceptors (Lipinski definition) is 6. The number of fused-ring (bicyclic) bond motifs is 5. The van der Waals surface area contributed by atoms with Crippen molar-refractivity contribution in [2.75, 3.05) is 32.8 Å². The van der Waals surface area contributed by atoms with Gasteiger partial charge >= 0.3 is 10.4 Å². The fourth-order valence-corrected chi connectivity index (χ4v) is 10.1. The third-order valence-electron chi connectivity index (χ3n) is 11.7. The Labute approximate surface area is 230 Å².